The Bertz CT molecular complexity index is 810. The van der Waals surface area contributed by atoms with Crippen LogP contribution in [0.1, 0.15) is 30.9 Å². The second kappa shape index (κ2) is 8.80. The minimum absolute atomic E-state index is 0.0416. The van der Waals surface area contributed by atoms with Crippen molar-refractivity contribution in [2.45, 2.75) is 25.3 Å². The van der Waals surface area contributed by atoms with Crippen molar-refractivity contribution >= 4 is 29.0 Å². The summed E-state index contributed by atoms with van der Waals surface area (Å²) in [6, 6.07) is 9.54. The third-order valence-corrected chi connectivity index (χ3v) is 5.71. The fourth-order valence-electron chi connectivity index (χ4n) is 4.02. The molecule has 2 aromatic rings. The molecule has 4 rings (SSSR count). The Kier molecular flexibility index (Phi) is 5.98. The highest BCUT2D eigenvalue weighted by Gasteiger charge is 2.29. The molecule has 0 bridgehead atoms. The maximum atomic E-state index is 13.2. The van der Waals surface area contributed by atoms with Crippen molar-refractivity contribution in [2.24, 2.45) is 0 Å². The van der Waals surface area contributed by atoms with Crippen LogP contribution in [0.25, 0.3) is 0 Å². The molecule has 2 fully saturated rings. The summed E-state index contributed by atoms with van der Waals surface area (Å²) in [4.78, 5) is 21.6. The van der Waals surface area contributed by atoms with Gasteiger partial charge in [-0.3, -0.25) is 4.98 Å². The zero-order chi connectivity index (χ0) is 19.3. The van der Waals surface area contributed by atoms with E-state index in [1.807, 2.05) is 41.4 Å². The second-order valence-corrected chi connectivity index (χ2v) is 7.78. The van der Waals surface area contributed by atoms with E-state index in [9.17, 15) is 4.79 Å². The standard InChI is InChI=1S/C21H26ClN5O/c22-17-6-7-19(26-10-2-1-3-11-26)18(13-17)25-21(28)27-12-9-24-15-20(27)16-5-4-8-23-14-16/h4-8,13-14,20,24H,1-3,9-12,15H2,(H,25,28). The lowest BCUT2D eigenvalue weighted by molar-refractivity contribution is 0.171. The number of amides is 2. The third-order valence-electron chi connectivity index (χ3n) is 5.47. The molecule has 1 aromatic heterocycles. The van der Waals surface area contributed by atoms with E-state index < -0.39 is 0 Å². The molecule has 6 nitrogen and oxygen atoms in total. The topological polar surface area (TPSA) is 60.5 Å². The number of aromatic nitrogens is 1. The molecule has 1 atom stereocenters. The van der Waals surface area contributed by atoms with Gasteiger partial charge in [0.05, 0.1) is 17.4 Å². The normalized spacial score (nSPS) is 20.1. The van der Waals surface area contributed by atoms with Gasteiger partial charge < -0.3 is 20.4 Å². The van der Waals surface area contributed by atoms with Crippen molar-refractivity contribution in [2.75, 3.05) is 42.9 Å². The summed E-state index contributed by atoms with van der Waals surface area (Å²) in [5.74, 6) is 0. The van der Waals surface area contributed by atoms with E-state index in [2.05, 4.69) is 20.5 Å². The first-order valence-corrected chi connectivity index (χ1v) is 10.3. The smallest absolute Gasteiger partial charge is 0.322 e. The number of carbonyl (C=O) groups excluding carboxylic acids is 1. The molecule has 1 unspecified atom stereocenters. The van der Waals surface area contributed by atoms with Gasteiger partial charge in [0.25, 0.3) is 0 Å². The molecule has 28 heavy (non-hydrogen) atoms. The number of carbonyl (C=O) groups is 1. The minimum Gasteiger partial charge on any atom is -0.370 e. The number of pyridine rings is 1. The molecule has 3 heterocycles. The average Bonchev–Trinajstić information content (AvgIpc) is 2.75. The first kappa shape index (κ1) is 19.0. The number of piperazine rings is 1. The molecule has 7 heteroatoms. The first-order valence-electron chi connectivity index (χ1n) is 9.95. The predicted molar refractivity (Wildman–Crippen MR) is 113 cm³/mol. The van der Waals surface area contributed by atoms with Gasteiger partial charge in [-0.2, -0.15) is 0 Å². The molecule has 0 aliphatic carbocycles. The van der Waals surface area contributed by atoms with E-state index in [1.165, 1.54) is 19.3 Å². The Labute approximate surface area is 170 Å². The van der Waals surface area contributed by atoms with Crippen LogP contribution in [-0.4, -0.2) is 48.6 Å². The highest BCUT2D eigenvalue weighted by atomic mass is 35.5. The van der Waals surface area contributed by atoms with Gasteiger partial charge in [0, 0.05) is 50.1 Å². The lowest BCUT2D eigenvalue weighted by Gasteiger charge is -2.37. The van der Waals surface area contributed by atoms with Crippen LogP contribution in [0.2, 0.25) is 5.02 Å². The summed E-state index contributed by atoms with van der Waals surface area (Å²) in [7, 11) is 0. The van der Waals surface area contributed by atoms with Crippen LogP contribution < -0.4 is 15.5 Å². The van der Waals surface area contributed by atoms with E-state index >= 15 is 0 Å². The van der Waals surface area contributed by atoms with E-state index in [-0.39, 0.29) is 12.1 Å². The molecule has 1 aromatic carbocycles. The average molecular weight is 400 g/mol. The van der Waals surface area contributed by atoms with Crippen LogP contribution in [-0.2, 0) is 0 Å². The lowest BCUT2D eigenvalue weighted by Crippen LogP contribution is -2.50. The Morgan fingerprint density at radius 2 is 2.04 bits per heavy atom. The monoisotopic (exact) mass is 399 g/mol. The number of halogens is 1. The van der Waals surface area contributed by atoms with Crippen LogP contribution in [0.15, 0.2) is 42.7 Å². The summed E-state index contributed by atoms with van der Waals surface area (Å²) in [5, 5.41) is 7.13. The fraction of sp³-hybridized carbons (Fsp3) is 0.429. The van der Waals surface area contributed by atoms with Gasteiger partial charge in [-0.1, -0.05) is 17.7 Å². The summed E-state index contributed by atoms with van der Waals surface area (Å²) >= 11 is 6.25. The van der Waals surface area contributed by atoms with E-state index in [0.29, 0.717) is 18.1 Å². The van der Waals surface area contributed by atoms with Gasteiger partial charge in [0.1, 0.15) is 0 Å². The van der Waals surface area contributed by atoms with Crippen molar-refractivity contribution in [1.82, 2.24) is 15.2 Å². The Morgan fingerprint density at radius 3 is 2.82 bits per heavy atom. The summed E-state index contributed by atoms with van der Waals surface area (Å²) < 4.78 is 0. The van der Waals surface area contributed by atoms with Crippen LogP contribution in [0.3, 0.4) is 0 Å². The quantitative estimate of drug-likeness (QED) is 0.821. The van der Waals surface area contributed by atoms with Gasteiger partial charge in [-0.15, -0.1) is 0 Å². The highest BCUT2D eigenvalue weighted by Crippen LogP contribution is 2.32. The number of hydrogen-bond donors (Lipinski definition) is 2. The van der Waals surface area contributed by atoms with Gasteiger partial charge >= 0.3 is 6.03 Å². The minimum atomic E-state index is -0.101. The zero-order valence-electron chi connectivity index (χ0n) is 15.9. The molecule has 2 saturated heterocycles. The number of hydrogen-bond acceptors (Lipinski definition) is 4. The Balaban J connectivity index is 1.56. The van der Waals surface area contributed by atoms with Gasteiger partial charge in [-0.05, 0) is 49.1 Å². The number of benzene rings is 1. The van der Waals surface area contributed by atoms with Gasteiger partial charge in [0.2, 0.25) is 0 Å². The number of rotatable bonds is 3. The molecular weight excluding hydrogens is 374 g/mol. The molecule has 0 spiro atoms. The third kappa shape index (κ3) is 4.23. The zero-order valence-corrected chi connectivity index (χ0v) is 16.7. The van der Waals surface area contributed by atoms with Gasteiger partial charge in [0.15, 0.2) is 0 Å². The molecule has 2 amide bonds. The molecule has 2 aliphatic rings. The first-order chi connectivity index (χ1) is 13.7. The fourth-order valence-corrected chi connectivity index (χ4v) is 4.20. The van der Waals surface area contributed by atoms with Crippen molar-refractivity contribution in [1.29, 1.82) is 0 Å². The maximum absolute atomic E-state index is 13.2. The van der Waals surface area contributed by atoms with Crippen LogP contribution >= 0.6 is 11.6 Å². The van der Waals surface area contributed by atoms with Crippen molar-refractivity contribution in [3.63, 3.8) is 0 Å². The predicted octanol–water partition coefficient (Wildman–Crippen LogP) is 3.90. The Morgan fingerprint density at radius 1 is 1.18 bits per heavy atom. The summed E-state index contributed by atoms with van der Waals surface area (Å²) in [6.07, 6.45) is 7.20. The number of nitrogens with one attached hydrogen (secondary N) is 2. The maximum Gasteiger partial charge on any atom is 0.322 e. The highest BCUT2D eigenvalue weighted by molar-refractivity contribution is 6.31. The molecule has 0 radical (unpaired) electrons. The van der Waals surface area contributed by atoms with Crippen LogP contribution in [0, 0.1) is 0 Å². The van der Waals surface area contributed by atoms with Crippen LogP contribution in [0.4, 0.5) is 16.2 Å². The molecule has 2 N–H and O–H groups in total. The lowest BCUT2D eigenvalue weighted by atomic mass is 10.1. The second-order valence-electron chi connectivity index (χ2n) is 7.34. The summed E-state index contributed by atoms with van der Waals surface area (Å²) in [5.41, 5.74) is 2.86. The SMILES string of the molecule is O=C(Nc1cc(Cl)ccc1N1CCCCC1)N1CCNCC1c1cccnc1. The number of piperidine rings is 1. The van der Waals surface area contributed by atoms with Crippen molar-refractivity contribution in [3.8, 4) is 0 Å². The molecule has 148 valence electrons. The van der Waals surface area contributed by atoms with E-state index in [0.717, 1.165) is 36.6 Å². The molecular formula is C21H26ClN5O. The van der Waals surface area contributed by atoms with Gasteiger partial charge in [-0.25, -0.2) is 4.79 Å². The van der Waals surface area contributed by atoms with Crippen molar-refractivity contribution < 1.29 is 4.79 Å². The van der Waals surface area contributed by atoms with Crippen molar-refractivity contribution in [3.05, 3.63) is 53.3 Å². The number of urea groups is 1. The molecule has 2 aliphatic heterocycles. The molecule has 0 saturated carbocycles. The summed E-state index contributed by atoms with van der Waals surface area (Å²) in [6.45, 7) is 4.16. The van der Waals surface area contributed by atoms with E-state index in [4.69, 9.17) is 11.6 Å². The van der Waals surface area contributed by atoms with Crippen LogP contribution in [0.5, 0.6) is 0 Å². The Hall–Kier alpha value is -2.31. The van der Waals surface area contributed by atoms with E-state index in [1.54, 1.807) is 6.20 Å². The number of nitrogens with zero attached hydrogens (tertiary/aromatic N) is 3. The number of anilines is 2. The largest absolute Gasteiger partial charge is 0.370 e.